The van der Waals surface area contributed by atoms with Crippen molar-refractivity contribution in [2.24, 2.45) is 5.92 Å². The number of unbranched alkanes of at least 4 members (excludes halogenated alkanes) is 3. The van der Waals surface area contributed by atoms with Gasteiger partial charge in [-0.3, -0.25) is 4.79 Å². The molecule has 6 heteroatoms. The molecule has 0 aliphatic carbocycles. The van der Waals surface area contributed by atoms with Crippen LogP contribution in [0.25, 0.3) is 0 Å². The van der Waals surface area contributed by atoms with Crippen molar-refractivity contribution in [1.82, 2.24) is 14.8 Å². The van der Waals surface area contributed by atoms with Crippen LogP contribution in [0.3, 0.4) is 0 Å². The molecule has 0 unspecified atom stereocenters. The summed E-state index contributed by atoms with van der Waals surface area (Å²) in [6, 6.07) is 0. The van der Waals surface area contributed by atoms with Crippen molar-refractivity contribution < 1.29 is 9.90 Å². The first kappa shape index (κ1) is 17.0. The summed E-state index contributed by atoms with van der Waals surface area (Å²) in [5.41, 5.74) is 0. The zero-order valence-electron chi connectivity index (χ0n) is 12.6. The molecule has 1 aromatic rings. The lowest BCUT2D eigenvalue weighted by molar-refractivity contribution is -0.133. The summed E-state index contributed by atoms with van der Waals surface area (Å²) in [6.07, 6.45) is 5.72. The second-order valence-corrected chi connectivity index (χ2v) is 6.34. The molecule has 0 atom stereocenters. The van der Waals surface area contributed by atoms with Gasteiger partial charge in [0.25, 0.3) is 0 Å². The molecule has 0 aliphatic rings. The highest BCUT2D eigenvalue weighted by atomic mass is 32.2. The Balaban J connectivity index is 2.69. The van der Waals surface area contributed by atoms with Gasteiger partial charge in [-0.05, 0) is 12.3 Å². The van der Waals surface area contributed by atoms with E-state index < -0.39 is 5.97 Å². The smallest absolute Gasteiger partial charge is 0.313 e. The molecule has 0 radical (unpaired) electrons. The van der Waals surface area contributed by atoms with Crippen LogP contribution in [0.2, 0.25) is 0 Å². The van der Waals surface area contributed by atoms with Gasteiger partial charge in [0.05, 0.1) is 5.75 Å². The van der Waals surface area contributed by atoms with Gasteiger partial charge in [-0.1, -0.05) is 51.8 Å². The van der Waals surface area contributed by atoms with Gasteiger partial charge in [-0.15, -0.1) is 10.2 Å². The number of carboxylic acids is 1. The maximum Gasteiger partial charge on any atom is 0.313 e. The van der Waals surface area contributed by atoms with E-state index in [1.54, 1.807) is 0 Å². The molecule has 1 aromatic heterocycles. The van der Waals surface area contributed by atoms with Crippen molar-refractivity contribution in [3.05, 3.63) is 5.82 Å². The average Bonchev–Trinajstić information content (AvgIpc) is 2.74. The number of thioether (sulfide) groups is 1. The van der Waals surface area contributed by atoms with Gasteiger partial charge in [0, 0.05) is 13.0 Å². The van der Waals surface area contributed by atoms with Crippen molar-refractivity contribution in [1.29, 1.82) is 0 Å². The first-order chi connectivity index (χ1) is 9.54. The van der Waals surface area contributed by atoms with E-state index in [9.17, 15) is 4.79 Å². The number of carbonyl (C=O) groups is 1. The zero-order valence-corrected chi connectivity index (χ0v) is 13.4. The minimum absolute atomic E-state index is 0.0338. The Hall–Kier alpha value is -1.04. The molecule has 0 amide bonds. The fraction of sp³-hybridized carbons (Fsp3) is 0.786. The molecule has 1 N–H and O–H groups in total. The fourth-order valence-electron chi connectivity index (χ4n) is 2.00. The van der Waals surface area contributed by atoms with Gasteiger partial charge in [0.2, 0.25) is 0 Å². The van der Waals surface area contributed by atoms with Crippen molar-refractivity contribution in [3.8, 4) is 0 Å². The summed E-state index contributed by atoms with van der Waals surface area (Å²) in [7, 11) is 0. The van der Waals surface area contributed by atoms with Crippen molar-refractivity contribution in [2.75, 3.05) is 5.75 Å². The molecule has 0 spiro atoms. The van der Waals surface area contributed by atoms with Crippen LogP contribution in [-0.2, 0) is 17.8 Å². The summed E-state index contributed by atoms with van der Waals surface area (Å²) >= 11 is 1.25. The molecular formula is C14H25N3O2S. The molecule has 0 fully saturated rings. The first-order valence-corrected chi connectivity index (χ1v) is 8.29. The Kier molecular flexibility index (Phi) is 7.65. The lowest BCUT2D eigenvalue weighted by Gasteiger charge is -2.12. The molecule has 0 bridgehead atoms. The van der Waals surface area contributed by atoms with Crippen LogP contribution in [0.5, 0.6) is 0 Å². The van der Waals surface area contributed by atoms with E-state index in [1.165, 1.54) is 31.0 Å². The summed E-state index contributed by atoms with van der Waals surface area (Å²) in [6.45, 7) is 7.33. The number of aromatic nitrogens is 3. The molecule has 0 aliphatic heterocycles. The fourth-order valence-corrected chi connectivity index (χ4v) is 2.68. The number of aliphatic carboxylic acids is 1. The van der Waals surface area contributed by atoms with Crippen LogP contribution in [0.1, 0.15) is 52.3 Å². The van der Waals surface area contributed by atoms with Crippen LogP contribution in [0, 0.1) is 5.92 Å². The Labute approximate surface area is 125 Å². The topological polar surface area (TPSA) is 68.0 Å². The SMILES string of the molecule is CCCCCCc1nnc(SCC(=O)O)n1CC(C)C. The van der Waals surface area contributed by atoms with Crippen molar-refractivity contribution >= 4 is 17.7 Å². The maximum atomic E-state index is 10.7. The van der Waals surface area contributed by atoms with E-state index in [-0.39, 0.29) is 5.75 Å². The molecule has 5 nitrogen and oxygen atoms in total. The van der Waals surface area contributed by atoms with Gasteiger partial charge >= 0.3 is 5.97 Å². The minimum Gasteiger partial charge on any atom is -0.481 e. The van der Waals surface area contributed by atoms with E-state index in [0.717, 1.165) is 30.4 Å². The normalized spacial score (nSPS) is 11.2. The summed E-state index contributed by atoms with van der Waals surface area (Å²) in [4.78, 5) is 10.7. The molecule has 0 saturated carbocycles. The Morgan fingerprint density at radius 2 is 2.05 bits per heavy atom. The van der Waals surface area contributed by atoms with E-state index in [1.807, 2.05) is 0 Å². The predicted molar refractivity (Wildman–Crippen MR) is 81.1 cm³/mol. The third-order valence-electron chi connectivity index (χ3n) is 2.92. The monoisotopic (exact) mass is 299 g/mol. The summed E-state index contributed by atoms with van der Waals surface area (Å²) < 4.78 is 2.09. The summed E-state index contributed by atoms with van der Waals surface area (Å²) in [5.74, 6) is 0.692. The van der Waals surface area contributed by atoms with Crippen molar-refractivity contribution in [2.45, 2.75) is 64.6 Å². The molecule has 1 heterocycles. The van der Waals surface area contributed by atoms with E-state index in [2.05, 4.69) is 35.5 Å². The third-order valence-corrected chi connectivity index (χ3v) is 3.87. The highest BCUT2D eigenvalue weighted by Crippen LogP contribution is 2.19. The number of hydrogen-bond donors (Lipinski definition) is 1. The van der Waals surface area contributed by atoms with Gasteiger partial charge in [-0.2, -0.15) is 0 Å². The maximum absolute atomic E-state index is 10.7. The highest BCUT2D eigenvalue weighted by Gasteiger charge is 2.14. The molecule has 0 saturated heterocycles. The van der Waals surface area contributed by atoms with E-state index in [0.29, 0.717) is 5.92 Å². The largest absolute Gasteiger partial charge is 0.481 e. The summed E-state index contributed by atoms with van der Waals surface area (Å²) in [5, 5.41) is 17.9. The van der Waals surface area contributed by atoms with Gasteiger partial charge < -0.3 is 9.67 Å². The van der Waals surface area contributed by atoms with Crippen LogP contribution < -0.4 is 0 Å². The number of aryl methyl sites for hydroxylation is 1. The van der Waals surface area contributed by atoms with Gasteiger partial charge in [0.15, 0.2) is 5.16 Å². The standard InChI is InChI=1S/C14H25N3O2S/c1-4-5-6-7-8-12-15-16-14(20-10-13(18)19)17(12)9-11(2)3/h11H,4-10H2,1-3H3,(H,18,19). The lowest BCUT2D eigenvalue weighted by atomic mass is 10.1. The van der Waals surface area contributed by atoms with Crippen LogP contribution in [0.4, 0.5) is 0 Å². The van der Waals surface area contributed by atoms with Crippen molar-refractivity contribution in [3.63, 3.8) is 0 Å². The second kappa shape index (κ2) is 9.00. The number of hydrogen-bond acceptors (Lipinski definition) is 4. The minimum atomic E-state index is -0.821. The molecule has 0 aromatic carbocycles. The van der Waals surface area contributed by atoms with Crippen LogP contribution >= 0.6 is 11.8 Å². The third kappa shape index (κ3) is 5.94. The molecular weight excluding hydrogens is 274 g/mol. The quantitative estimate of drug-likeness (QED) is 0.530. The Morgan fingerprint density at radius 3 is 2.65 bits per heavy atom. The zero-order chi connectivity index (χ0) is 15.0. The van der Waals surface area contributed by atoms with Gasteiger partial charge in [-0.25, -0.2) is 0 Å². The number of nitrogens with zero attached hydrogens (tertiary/aromatic N) is 3. The van der Waals surface area contributed by atoms with E-state index in [4.69, 9.17) is 5.11 Å². The second-order valence-electron chi connectivity index (χ2n) is 5.40. The lowest BCUT2D eigenvalue weighted by Crippen LogP contribution is -2.11. The van der Waals surface area contributed by atoms with E-state index >= 15 is 0 Å². The average molecular weight is 299 g/mol. The molecule has 114 valence electrons. The van der Waals surface area contributed by atoms with Gasteiger partial charge in [0.1, 0.15) is 5.82 Å². The number of rotatable bonds is 10. The predicted octanol–water partition coefficient (Wildman–Crippen LogP) is 3.23. The Morgan fingerprint density at radius 1 is 1.30 bits per heavy atom. The number of carboxylic acid groups (broad SMARTS) is 1. The molecule has 1 rings (SSSR count). The highest BCUT2D eigenvalue weighted by molar-refractivity contribution is 7.99. The Bertz CT molecular complexity index is 419. The molecule has 20 heavy (non-hydrogen) atoms. The first-order valence-electron chi connectivity index (χ1n) is 7.31. The van der Waals surface area contributed by atoms with Crippen LogP contribution in [-0.4, -0.2) is 31.6 Å². The van der Waals surface area contributed by atoms with Crippen LogP contribution in [0.15, 0.2) is 5.16 Å².